The fourth-order valence-corrected chi connectivity index (χ4v) is 3.81. The third-order valence-electron chi connectivity index (χ3n) is 5.14. The molecule has 2 aliphatic carbocycles. The van der Waals surface area contributed by atoms with E-state index in [9.17, 15) is 23.1 Å². The van der Waals surface area contributed by atoms with Gasteiger partial charge in [0.25, 0.3) is 0 Å². The predicted octanol–water partition coefficient (Wildman–Crippen LogP) is 3.76. The summed E-state index contributed by atoms with van der Waals surface area (Å²) < 4.78 is 43.5. The Bertz CT molecular complexity index is 815. The van der Waals surface area contributed by atoms with Crippen LogP contribution in [0.4, 0.5) is 13.2 Å². The molecular formula is C19H21F3N2O3. The number of methoxy groups -OCH3 is 1. The van der Waals surface area contributed by atoms with Crippen molar-refractivity contribution in [1.29, 1.82) is 0 Å². The van der Waals surface area contributed by atoms with Crippen LogP contribution in [0.25, 0.3) is 5.76 Å². The predicted molar refractivity (Wildman–Crippen MR) is 93.5 cm³/mol. The van der Waals surface area contributed by atoms with Crippen molar-refractivity contribution in [2.75, 3.05) is 20.3 Å². The average molecular weight is 382 g/mol. The second kappa shape index (κ2) is 7.42. The number of pyridine rings is 1. The highest BCUT2D eigenvalue weighted by Crippen LogP contribution is 2.43. The molecular weight excluding hydrogens is 361 g/mol. The van der Waals surface area contributed by atoms with Crippen LogP contribution in [0.5, 0.6) is 0 Å². The van der Waals surface area contributed by atoms with Gasteiger partial charge in [-0.1, -0.05) is 0 Å². The van der Waals surface area contributed by atoms with Gasteiger partial charge in [0.2, 0.25) is 0 Å². The summed E-state index contributed by atoms with van der Waals surface area (Å²) in [6.07, 6.45) is -2.33. The lowest BCUT2D eigenvalue weighted by Crippen LogP contribution is -2.31. The van der Waals surface area contributed by atoms with Crippen LogP contribution in [0, 0.1) is 18.8 Å². The van der Waals surface area contributed by atoms with Crippen molar-refractivity contribution in [3.05, 3.63) is 34.7 Å². The summed E-state index contributed by atoms with van der Waals surface area (Å²) in [4.78, 5) is 20.9. The van der Waals surface area contributed by atoms with Gasteiger partial charge in [-0.25, -0.2) is 4.98 Å². The Labute approximate surface area is 155 Å². The summed E-state index contributed by atoms with van der Waals surface area (Å²) in [5.74, 6) is -0.635. The lowest BCUT2D eigenvalue weighted by Gasteiger charge is -2.24. The molecule has 2 fully saturated rings. The first-order valence-electron chi connectivity index (χ1n) is 8.80. The van der Waals surface area contributed by atoms with E-state index >= 15 is 0 Å². The molecule has 1 aromatic heterocycles. The molecule has 1 N–H and O–H groups in total. The fraction of sp³-hybridized carbons (Fsp3) is 0.526. The van der Waals surface area contributed by atoms with Crippen LogP contribution in [-0.2, 0) is 15.7 Å². The number of allylic oxidation sites excluding steroid dienone is 1. The largest absolute Gasteiger partial charge is 0.506 e. The maximum atomic E-state index is 12.8. The molecule has 0 radical (unpaired) electrons. The fourth-order valence-electron chi connectivity index (χ4n) is 3.81. The molecule has 0 spiro atoms. The normalized spacial score (nSPS) is 26.0. The Morgan fingerprint density at radius 1 is 1.33 bits per heavy atom. The van der Waals surface area contributed by atoms with Crippen LogP contribution in [-0.4, -0.2) is 41.8 Å². The zero-order valence-electron chi connectivity index (χ0n) is 15.1. The Morgan fingerprint density at radius 3 is 2.67 bits per heavy atom. The molecule has 2 atom stereocenters. The van der Waals surface area contributed by atoms with Crippen molar-refractivity contribution in [3.8, 4) is 0 Å². The number of alkyl halides is 3. The molecule has 2 bridgehead atoms. The van der Waals surface area contributed by atoms with Crippen molar-refractivity contribution >= 4 is 17.3 Å². The van der Waals surface area contributed by atoms with Crippen LogP contribution in [0.1, 0.15) is 36.2 Å². The summed E-state index contributed by atoms with van der Waals surface area (Å²) in [7, 11) is 1.54. The summed E-state index contributed by atoms with van der Waals surface area (Å²) >= 11 is 0. The Morgan fingerprint density at radius 2 is 2.04 bits per heavy atom. The second-order valence-corrected chi connectivity index (χ2v) is 6.88. The monoisotopic (exact) mass is 382 g/mol. The van der Waals surface area contributed by atoms with Gasteiger partial charge in [-0.15, -0.1) is 0 Å². The molecule has 2 saturated carbocycles. The van der Waals surface area contributed by atoms with E-state index in [4.69, 9.17) is 4.74 Å². The van der Waals surface area contributed by atoms with Gasteiger partial charge >= 0.3 is 6.18 Å². The van der Waals surface area contributed by atoms with E-state index in [0.717, 1.165) is 25.0 Å². The number of ether oxygens (including phenoxy) is 1. The molecule has 1 heterocycles. The Hall–Kier alpha value is -2.22. The lowest BCUT2D eigenvalue weighted by molar-refractivity contribution is -0.141. The topological polar surface area (TPSA) is 71.8 Å². The van der Waals surface area contributed by atoms with Crippen molar-refractivity contribution < 1.29 is 27.8 Å². The number of halogens is 3. The van der Waals surface area contributed by atoms with Gasteiger partial charge in [0.05, 0.1) is 24.4 Å². The number of carbonyl (C=O) groups is 1. The number of nitrogens with zero attached hydrogens (tertiary/aromatic N) is 2. The van der Waals surface area contributed by atoms with Crippen LogP contribution in [0.2, 0.25) is 0 Å². The number of hydrogen-bond donors (Lipinski definition) is 1. The summed E-state index contributed by atoms with van der Waals surface area (Å²) in [5.41, 5.74) is -0.258. The van der Waals surface area contributed by atoms with Gasteiger partial charge in [0, 0.05) is 30.2 Å². The van der Waals surface area contributed by atoms with Crippen LogP contribution >= 0.6 is 0 Å². The van der Waals surface area contributed by atoms with Crippen molar-refractivity contribution in [2.45, 2.75) is 32.4 Å². The van der Waals surface area contributed by atoms with Gasteiger partial charge in [0.15, 0.2) is 5.78 Å². The molecule has 1 aromatic rings. The van der Waals surface area contributed by atoms with Gasteiger partial charge < -0.3 is 9.84 Å². The number of fused-ring (bicyclic) bond motifs is 2. The number of aliphatic imine (C=N–C) groups is 1. The highest BCUT2D eigenvalue weighted by atomic mass is 19.4. The van der Waals surface area contributed by atoms with Gasteiger partial charge in [-0.3, -0.25) is 9.79 Å². The lowest BCUT2D eigenvalue weighted by atomic mass is 9.80. The van der Waals surface area contributed by atoms with Crippen LogP contribution < -0.4 is 0 Å². The number of Topliss-reactive ketones (excluding diaryl/α,β-unsaturated/α-hetero) is 1. The highest BCUT2D eigenvalue weighted by molar-refractivity contribution is 6.29. The zero-order chi connectivity index (χ0) is 19.8. The van der Waals surface area contributed by atoms with Gasteiger partial charge in [0.1, 0.15) is 11.5 Å². The van der Waals surface area contributed by atoms with E-state index in [1.165, 1.54) is 6.92 Å². The Balaban J connectivity index is 2.07. The molecule has 0 amide bonds. The number of carbonyl (C=O) groups excluding carboxylic acids is 1. The van der Waals surface area contributed by atoms with E-state index in [2.05, 4.69) is 9.98 Å². The maximum absolute atomic E-state index is 12.8. The molecule has 146 valence electrons. The number of aromatic nitrogens is 1. The minimum atomic E-state index is -4.57. The summed E-state index contributed by atoms with van der Waals surface area (Å²) in [6, 6.07) is 1.97. The van der Waals surface area contributed by atoms with E-state index < -0.39 is 11.9 Å². The molecule has 0 aliphatic heterocycles. The second-order valence-electron chi connectivity index (χ2n) is 6.88. The molecule has 2 aliphatic rings. The van der Waals surface area contributed by atoms with Crippen molar-refractivity contribution in [1.82, 2.24) is 4.98 Å². The average Bonchev–Trinajstić information content (AvgIpc) is 3.04. The highest BCUT2D eigenvalue weighted by Gasteiger charge is 2.44. The van der Waals surface area contributed by atoms with E-state index in [1.54, 1.807) is 7.11 Å². The van der Waals surface area contributed by atoms with Gasteiger partial charge in [-0.05, 0) is 38.3 Å². The van der Waals surface area contributed by atoms with Crippen molar-refractivity contribution in [2.24, 2.45) is 16.8 Å². The quantitative estimate of drug-likeness (QED) is 0.489. The number of aliphatic hydroxyl groups is 1. The standard InChI is InChI=1S/C19H21F3N2O3/c1-10-13(5-6-14(24-10)19(20,21)22)18(26)15-16(23-7-8-27-2)11-3-4-12(9-11)17(15)25/h5-6,11-12,26H,3-4,7-9H2,1-2H3. The number of ketones is 1. The Kier molecular flexibility index (Phi) is 5.37. The minimum absolute atomic E-state index is 0.0109. The molecule has 8 heteroatoms. The molecule has 3 rings (SSSR count). The first-order chi connectivity index (χ1) is 12.7. The first kappa shape index (κ1) is 19.5. The summed E-state index contributed by atoms with van der Waals surface area (Å²) in [6.45, 7) is 2.11. The SMILES string of the molecule is COCCN=C1C(=C(O)c2ccc(C(F)(F)F)nc2C)C(=O)C2CCC1C2. The van der Waals surface area contributed by atoms with Crippen LogP contribution in [0.15, 0.2) is 22.7 Å². The van der Waals surface area contributed by atoms with E-state index in [1.807, 2.05) is 0 Å². The number of rotatable bonds is 4. The number of hydrogen-bond acceptors (Lipinski definition) is 5. The minimum Gasteiger partial charge on any atom is -0.506 e. The maximum Gasteiger partial charge on any atom is 0.433 e. The first-order valence-corrected chi connectivity index (χ1v) is 8.80. The van der Waals surface area contributed by atoms with Gasteiger partial charge in [-0.2, -0.15) is 13.2 Å². The molecule has 5 nitrogen and oxygen atoms in total. The zero-order valence-corrected chi connectivity index (χ0v) is 15.1. The smallest absolute Gasteiger partial charge is 0.433 e. The van der Waals surface area contributed by atoms with E-state index in [0.29, 0.717) is 25.3 Å². The molecule has 2 unspecified atom stereocenters. The molecule has 0 aromatic carbocycles. The third-order valence-corrected chi connectivity index (χ3v) is 5.14. The van der Waals surface area contributed by atoms with E-state index in [-0.39, 0.29) is 40.2 Å². The molecule has 27 heavy (non-hydrogen) atoms. The van der Waals surface area contributed by atoms with Crippen molar-refractivity contribution in [3.63, 3.8) is 0 Å². The molecule has 0 saturated heterocycles. The number of aryl methyl sites for hydroxylation is 1. The summed E-state index contributed by atoms with van der Waals surface area (Å²) in [5, 5.41) is 10.8. The van der Waals surface area contributed by atoms with Crippen LogP contribution in [0.3, 0.4) is 0 Å². The number of aliphatic hydroxyl groups excluding tert-OH is 1. The third kappa shape index (κ3) is 3.76.